The minimum absolute atomic E-state index is 0.0404. The first-order chi connectivity index (χ1) is 14.8. The van der Waals surface area contributed by atoms with Crippen molar-refractivity contribution in [3.63, 3.8) is 0 Å². The zero-order valence-corrected chi connectivity index (χ0v) is 16.7. The normalized spacial score (nSPS) is 13.9. The standard InChI is InChI=1S/C24H23N5O/c30-24-21-16-28(12-11-22(21)26-23(27-24)19-9-5-2-6-10-19)15-20-13-25-17-29(20)14-18-7-3-1-4-8-18/h1-10,13,17H,11-12,14-16H2,(H,26,27,30). The second kappa shape index (κ2) is 8.08. The molecular weight excluding hydrogens is 374 g/mol. The second-order valence-corrected chi connectivity index (χ2v) is 7.66. The molecule has 0 atom stereocenters. The van der Waals surface area contributed by atoms with Crippen molar-refractivity contribution in [3.8, 4) is 11.4 Å². The third kappa shape index (κ3) is 3.82. The molecule has 0 fully saturated rings. The maximum Gasteiger partial charge on any atom is 0.255 e. The maximum absolute atomic E-state index is 12.8. The van der Waals surface area contributed by atoms with Crippen LogP contribution in [0, 0.1) is 0 Å². The van der Waals surface area contributed by atoms with E-state index in [1.54, 1.807) is 0 Å². The van der Waals surface area contributed by atoms with E-state index >= 15 is 0 Å². The van der Waals surface area contributed by atoms with Crippen molar-refractivity contribution >= 4 is 0 Å². The van der Waals surface area contributed by atoms with E-state index in [0.29, 0.717) is 12.4 Å². The van der Waals surface area contributed by atoms with E-state index in [4.69, 9.17) is 4.98 Å². The highest BCUT2D eigenvalue weighted by Crippen LogP contribution is 2.20. The van der Waals surface area contributed by atoms with Crippen LogP contribution >= 0.6 is 0 Å². The molecule has 0 amide bonds. The van der Waals surface area contributed by atoms with Crippen molar-refractivity contribution in [2.75, 3.05) is 6.54 Å². The molecule has 30 heavy (non-hydrogen) atoms. The summed E-state index contributed by atoms with van der Waals surface area (Å²) in [5, 5.41) is 0. The molecule has 1 aliphatic heterocycles. The molecule has 6 nitrogen and oxygen atoms in total. The summed E-state index contributed by atoms with van der Waals surface area (Å²) in [4.78, 5) is 27.1. The smallest absolute Gasteiger partial charge is 0.255 e. The molecule has 0 unspecified atom stereocenters. The molecule has 0 radical (unpaired) electrons. The van der Waals surface area contributed by atoms with Crippen molar-refractivity contribution < 1.29 is 0 Å². The summed E-state index contributed by atoms with van der Waals surface area (Å²) in [7, 11) is 0. The van der Waals surface area contributed by atoms with Gasteiger partial charge in [0.1, 0.15) is 5.82 Å². The van der Waals surface area contributed by atoms with Gasteiger partial charge in [0.05, 0.1) is 23.3 Å². The Balaban J connectivity index is 1.34. The minimum atomic E-state index is -0.0404. The Morgan fingerprint density at radius 1 is 0.967 bits per heavy atom. The molecule has 0 aliphatic carbocycles. The topological polar surface area (TPSA) is 66.8 Å². The number of benzene rings is 2. The van der Waals surface area contributed by atoms with Crippen LogP contribution in [0.5, 0.6) is 0 Å². The average Bonchev–Trinajstić information content (AvgIpc) is 3.22. The van der Waals surface area contributed by atoms with Gasteiger partial charge in [0.2, 0.25) is 0 Å². The minimum Gasteiger partial charge on any atom is -0.329 e. The number of hydrogen-bond acceptors (Lipinski definition) is 4. The molecular formula is C24H23N5O. The zero-order valence-electron chi connectivity index (χ0n) is 16.7. The van der Waals surface area contributed by atoms with Gasteiger partial charge in [-0.1, -0.05) is 60.7 Å². The first kappa shape index (κ1) is 18.5. The van der Waals surface area contributed by atoms with E-state index in [2.05, 4.69) is 43.7 Å². The molecule has 1 N–H and O–H groups in total. The summed E-state index contributed by atoms with van der Waals surface area (Å²) in [6.45, 7) is 3.02. The predicted molar refractivity (Wildman–Crippen MR) is 116 cm³/mol. The lowest BCUT2D eigenvalue weighted by Gasteiger charge is -2.28. The number of rotatable bonds is 5. The highest BCUT2D eigenvalue weighted by molar-refractivity contribution is 5.54. The molecule has 0 spiro atoms. The first-order valence-corrected chi connectivity index (χ1v) is 10.2. The lowest BCUT2D eigenvalue weighted by atomic mass is 10.1. The molecule has 2 aromatic carbocycles. The fourth-order valence-electron chi connectivity index (χ4n) is 3.98. The summed E-state index contributed by atoms with van der Waals surface area (Å²) < 4.78 is 2.17. The Labute approximate surface area is 174 Å². The fraction of sp³-hybridized carbons (Fsp3) is 0.208. The summed E-state index contributed by atoms with van der Waals surface area (Å²) >= 11 is 0. The molecule has 6 heteroatoms. The van der Waals surface area contributed by atoms with Crippen LogP contribution in [-0.4, -0.2) is 31.0 Å². The Bertz CT molecular complexity index is 1200. The number of nitrogens with one attached hydrogen (secondary N) is 1. The van der Waals surface area contributed by atoms with Crippen LogP contribution in [0.3, 0.4) is 0 Å². The number of imidazole rings is 1. The summed E-state index contributed by atoms with van der Waals surface area (Å²) in [5.74, 6) is 0.647. The number of hydrogen-bond donors (Lipinski definition) is 1. The van der Waals surface area contributed by atoms with E-state index in [-0.39, 0.29) is 5.56 Å². The van der Waals surface area contributed by atoms with Crippen molar-refractivity contribution in [2.45, 2.75) is 26.1 Å². The number of aromatic nitrogens is 4. The first-order valence-electron chi connectivity index (χ1n) is 10.2. The van der Waals surface area contributed by atoms with Crippen molar-refractivity contribution in [2.24, 2.45) is 0 Å². The monoisotopic (exact) mass is 397 g/mol. The quantitative estimate of drug-likeness (QED) is 0.561. The van der Waals surface area contributed by atoms with Gasteiger partial charge in [0, 0.05) is 44.4 Å². The van der Waals surface area contributed by atoms with Gasteiger partial charge < -0.3 is 9.55 Å². The molecule has 3 heterocycles. The zero-order chi connectivity index (χ0) is 20.3. The number of aromatic amines is 1. The Kier molecular flexibility index (Phi) is 4.99. The Hall–Kier alpha value is -3.51. The van der Waals surface area contributed by atoms with Gasteiger partial charge in [0.15, 0.2) is 0 Å². The fourth-order valence-corrected chi connectivity index (χ4v) is 3.98. The van der Waals surface area contributed by atoms with Crippen LogP contribution in [0.4, 0.5) is 0 Å². The Morgan fingerprint density at radius 3 is 2.53 bits per heavy atom. The predicted octanol–water partition coefficient (Wildman–Crippen LogP) is 3.24. The van der Waals surface area contributed by atoms with Gasteiger partial charge in [-0.2, -0.15) is 0 Å². The van der Waals surface area contributed by atoms with E-state index in [9.17, 15) is 4.79 Å². The molecule has 2 aromatic heterocycles. The lowest BCUT2D eigenvalue weighted by molar-refractivity contribution is 0.236. The van der Waals surface area contributed by atoms with Gasteiger partial charge in [-0.3, -0.25) is 9.69 Å². The van der Waals surface area contributed by atoms with Crippen LogP contribution in [0.15, 0.2) is 78.0 Å². The summed E-state index contributed by atoms with van der Waals surface area (Å²) in [6.07, 6.45) is 4.56. The largest absolute Gasteiger partial charge is 0.329 e. The van der Waals surface area contributed by atoms with Crippen LogP contribution < -0.4 is 5.56 Å². The molecule has 0 saturated carbocycles. The highest BCUT2D eigenvalue weighted by Gasteiger charge is 2.22. The van der Waals surface area contributed by atoms with Gasteiger partial charge in [-0.15, -0.1) is 0 Å². The molecule has 0 saturated heterocycles. The van der Waals surface area contributed by atoms with Gasteiger partial charge in [-0.05, 0) is 5.56 Å². The average molecular weight is 397 g/mol. The van der Waals surface area contributed by atoms with E-state index in [1.165, 1.54) is 5.56 Å². The van der Waals surface area contributed by atoms with E-state index < -0.39 is 0 Å². The molecule has 5 rings (SSSR count). The third-order valence-corrected chi connectivity index (χ3v) is 5.57. The van der Waals surface area contributed by atoms with Gasteiger partial charge in [0.25, 0.3) is 5.56 Å². The Morgan fingerprint density at radius 2 is 1.73 bits per heavy atom. The maximum atomic E-state index is 12.8. The van der Waals surface area contributed by atoms with E-state index in [1.807, 2.05) is 48.9 Å². The van der Waals surface area contributed by atoms with Crippen molar-refractivity contribution in [3.05, 3.63) is 106 Å². The number of fused-ring (bicyclic) bond motifs is 1. The van der Waals surface area contributed by atoms with Gasteiger partial charge >= 0.3 is 0 Å². The number of H-pyrrole nitrogens is 1. The molecule has 1 aliphatic rings. The van der Waals surface area contributed by atoms with Crippen LogP contribution in [0.25, 0.3) is 11.4 Å². The van der Waals surface area contributed by atoms with Crippen LogP contribution in [-0.2, 0) is 26.1 Å². The SMILES string of the molecule is O=c1[nH]c(-c2ccccc2)nc2c1CN(Cc1cncn1Cc1ccccc1)CC2. The van der Waals surface area contributed by atoms with Crippen molar-refractivity contribution in [1.29, 1.82) is 0 Å². The lowest BCUT2D eigenvalue weighted by Crippen LogP contribution is -2.36. The van der Waals surface area contributed by atoms with Crippen LogP contribution in [0.2, 0.25) is 0 Å². The van der Waals surface area contributed by atoms with Crippen LogP contribution in [0.1, 0.15) is 22.5 Å². The molecule has 4 aromatic rings. The highest BCUT2D eigenvalue weighted by atomic mass is 16.1. The van der Waals surface area contributed by atoms with Crippen molar-refractivity contribution in [1.82, 2.24) is 24.4 Å². The second-order valence-electron chi connectivity index (χ2n) is 7.66. The summed E-state index contributed by atoms with van der Waals surface area (Å²) in [5.41, 5.74) is 4.97. The van der Waals surface area contributed by atoms with E-state index in [0.717, 1.165) is 48.6 Å². The number of nitrogens with zero attached hydrogens (tertiary/aromatic N) is 4. The third-order valence-electron chi connectivity index (χ3n) is 5.57. The molecule has 0 bridgehead atoms. The summed E-state index contributed by atoms with van der Waals surface area (Å²) in [6, 6.07) is 20.2. The molecule has 150 valence electrons. The van der Waals surface area contributed by atoms with Gasteiger partial charge in [-0.25, -0.2) is 9.97 Å².